The summed E-state index contributed by atoms with van der Waals surface area (Å²) in [6.45, 7) is 6.17. The molecular formula is C10H12N2O2. The van der Waals surface area contributed by atoms with Gasteiger partial charge in [-0.2, -0.15) is 10.2 Å². The first-order chi connectivity index (χ1) is 6.61. The van der Waals surface area contributed by atoms with Crippen LogP contribution in [-0.4, -0.2) is 16.2 Å². The summed E-state index contributed by atoms with van der Waals surface area (Å²) in [5.41, 5.74) is 3.06. The van der Waals surface area contributed by atoms with E-state index in [0.717, 1.165) is 17.0 Å². The van der Waals surface area contributed by atoms with Gasteiger partial charge in [0.2, 0.25) is 0 Å². The standard InChI is InChI=1S/C10H12N2O2/c1-5(2)9-8-7(4-14-10(8)13)6(3)11-12-9/h5H,4H2,1-3H3. The van der Waals surface area contributed by atoms with Crippen LogP contribution >= 0.6 is 0 Å². The first kappa shape index (κ1) is 9.12. The van der Waals surface area contributed by atoms with E-state index in [0.29, 0.717) is 12.2 Å². The molecule has 0 amide bonds. The fourth-order valence-corrected chi connectivity index (χ4v) is 1.59. The second kappa shape index (κ2) is 3.04. The van der Waals surface area contributed by atoms with Gasteiger partial charge in [-0.25, -0.2) is 4.79 Å². The van der Waals surface area contributed by atoms with E-state index in [-0.39, 0.29) is 11.9 Å². The van der Waals surface area contributed by atoms with E-state index in [1.54, 1.807) is 0 Å². The third-order valence-electron chi connectivity index (χ3n) is 2.40. The van der Waals surface area contributed by atoms with Crippen LogP contribution in [0.3, 0.4) is 0 Å². The molecule has 1 aliphatic rings. The van der Waals surface area contributed by atoms with Gasteiger partial charge < -0.3 is 4.74 Å². The summed E-state index contributed by atoms with van der Waals surface area (Å²) >= 11 is 0. The van der Waals surface area contributed by atoms with Crippen molar-refractivity contribution in [2.45, 2.75) is 33.3 Å². The van der Waals surface area contributed by atoms with Gasteiger partial charge in [-0.05, 0) is 12.8 Å². The lowest BCUT2D eigenvalue weighted by molar-refractivity contribution is 0.0533. The van der Waals surface area contributed by atoms with Gasteiger partial charge in [0.05, 0.1) is 17.0 Å². The van der Waals surface area contributed by atoms with Crippen molar-refractivity contribution in [3.05, 3.63) is 22.5 Å². The lowest BCUT2D eigenvalue weighted by Crippen LogP contribution is -2.08. The molecule has 0 N–H and O–H groups in total. The number of hydrogen-bond donors (Lipinski definition) is 0. The average Bonchev–Trinajstić information content (AvgIpc) is 2.50. The second-order valence-electron chi connectivity index (χ2n) is 3.76. The molecule has 14 heavy (non-hydrogen) atoms. The highest BCUT2D eigenvalue weighted by Crippen LogP contribution is 2.27. The quantitative estimate of drug-likeness (QED) is 0.634. The molecule has 0 atom stereocenters. The highest BCUT2D eigenvalue weighted by Gasteiger charge is 2.29. The minimum atomic E-state index is -0.262. The van der Waals surface area contributed by atoms with Crippen LogP contribution in [-0.2, 0) is 11.3 Å². The number of rotatable bonds is 1. The largest absolute Gasteiger partial charge is 0.457 e. The first-order valence-corrected chi connectivity index (χ1v) is 4.64. The molecule has 0 unspecified atom stereocenters. The van der Waals surface area contributed by atoms with Crippen molar-refractivity contribution in [1.82, 2.24) is 10.2 Å². The molecule has 1 aromatic rings. The zero-order valence-electron chi connectivity index (χ0n) is 8.50. The lowest BCUT2D eigenvalue weighted by Gasteiger charge is -2.07. The van der Waals surface area contributed by atoms with Gasteiger partial charge in [0.25, 0.3) is 0 Å². The Balaban J connectivity index is 2.66. The summed E-state index contributed by atoms with van der Waals surface area (Å²) in [7, 11) is 0. The summed E-state index contributed by atoms with van der Waals surface area (Å²) in [5.74, 6) is -0.0656. The molecule has 0 saturated carbocycles. The monoisotopic (exact) mass is 192 g/mol. The minimum Gasteiger partial charge on any atom is -0.457 e. The van der Waals surface area contributed by atoms with Gasteiger partial charge in [0.15, 0.2) is 0 Å². The van der Waals surface area contributed by atoms with E-state index in [1.165, 1.54) is 0 Å². The van der Waals surface area contributed by atoms with E-state index in [1.807, 2.05) is 20.8 Å². The number of esters is 1. The number of aromatic nitrogens is 2. The molecule has 1 aromatic heterocycles. The second-order valence-corrected chi connectivity index (χ2v) is 3.76. The Morgan fingerprint density at radius 1 is 1.36 bits per heavy atom. The zero-order chi connectivity index (χ0) is 10.3. The Hall–Kier alpha value is -1.45. The average molecular weight is 192 g/mol. The molecule has 2 rings (SSSR count). The van der Waals surface area contributed by atoms with E-state index in [9.17, 15) is 4.79 Å². The Morgan fingerprint density at radius 3 is 2.71 bits per heavy atom. The number of hydrogen-bond acceptors (Lipinski definition) is 4. The summed E-state index contributed by atoms with van der Waals surface area (Å²) < 4.78 is 4.98. The van der Waals surface area contributed by atoms with Crippen molar-refractivity contribution >= 4 is 5.97 Å². The van der Waals surface area contributed by atoms with Gasteiger partial charge in [-0.3, -0.25) is 0 Å². The molecule has 4 heteroatoms. The Kier molecular flexibility index (Phi) is 1.98. The zero-order valence-corrected chi connectivity index (χ0v) is 8.50. The molecule has 0 fully saturated rings. The van der Waals surface area contributed by atoms with Crippen LogP contribution in [0, 0.1) is 6.92 Å². The summed E-state index contributed by atoms with van der Waals surface area (Å²) in [4.78, 5) is 11.5. The summed E-state index contributed by atoms with van der Waals surface area (Å²) in [6, 6.07) is 0. The number of nitrogens with zero attached hydrogens (tertiary/aromatic N) is 2. The molecular weight excluding hydrogens is 180 g/mol. The number of fused-ring (bicyclic) bond motifs is 1. The van der Waals surface area contributed by atoms with Gasteiger partial charge in [0, 0.05) is 5.56 Å². The third kappa shape index (κ3) is 1.18. The Labute approximate surface area is 82.3 Å². The van der Waals surface area contributed by atoms with Crippen LogP contribution in [0.1, 0.15) is 47.1 Å². The fourth-order valence-electron chi connectivity index (χ4n) is 1.59. The minimum absolute atomic E-state index is 0.197. The normalized spacial score (nSPS) is 14.4. The molecule has 4 nitrogen and oxygen atoms in total. The Bertz CT molecular complexity index is 399. The van der Waals surface area contributed by atoms with Crippen LogP contribution in [0.25, 0.3) is 0 Å². The molecule has 0 aromatic carbocycles. The molecule has 0 aliphatic carbocycles. The van der Waals surface area contributed by atoms with Crippen LogP contribution in [0.5, 0.6) is 0 Å². The van der Waals surface area contributed by atoms with Crippen molar-refractivity contribution in [2.75, 3.05) is 0 Å². The predicted octanol–water partition coefficient (Wildman–Crippen LogP) is 1.58. The van der Waals surface area contributed by atoms with E-state index < -0.39 is 0 Å². The van der Waals surface area contributed by atoms with Crippen molar-refractivity contribution in [2.24, 2.45) is 0 Å². The SMILES string of the molecule is Cc1nnc(C(C)C)c2c1COC2=O. The van der Waals surface area contributed by atoms with Crippen LogP contribution < -0.4 is 0 Å². The van der Waals surface area contributed by atoms with Crippen molar-refractivity contribution in [3.63, 3.8) is 0 Å². The molecule has 0 saturated heterocycles. The van der Waals surface area contributed by atoms with Gasteiger partial charge in [0.1, 0.15) is 6.61 Å². The van der Waals surface area contributed by atoms with Gasteiger partial charge in [-0.15, -0.1) is 0 Å². The van der Waals surface area contributed by atoms with Gasteiger partial charge >= 0.3 is 5.97 Å². The highest BCUT2D eigenvalue weighted by molar-refractivity contribution is 5.94. The Morgan fingerprint density at radius 2 is 2.07 bits per heavy atom. The molecule has 2 heterocycles. The third-order valence-corrected chi connectivity index (χ3v) is 2.40. The molecule has 1 aliphatic heterocycles. The van der Waals surface area contributed by atoms with Crippen molar-refractivity contribution < 1.29 is 9.53 Å². The van der Waals surface area contributed by atoms with Crippen LogP contribution in [0.4, 0.5) is 0 Å². The van der Waals surface area contributed by atoms with Crippen LogP contribution in [0.2, 0.25) is 0 Å². The maximum absolute atomic E-state index is 11.5. The number of ether oxygens (including phenoxy) is 1. The maximum Gasteiger partial charge on any atom is 0.340 e. The smallest absolute Gasteiger partial charge is 0.340 e. The molecule has 74 valence electrons. The topological polar surface area (TPSA) is 52.1 Å². The maximum atomic E-state index is 11.5. The lowest BCUT2D eigenvalue weighted by atomic mass is 10.0. The molecule has 0 spiro atoms. The number of cyclic esters (lactones) is 1. The fraction of sp³-hybridized carbons (Fsp3) is 0.500. The van der Waals surface area contributed by atoms with E-state index in [4.69, 9.17) is 4.74 Å². The number of carbonyl (C=O) groups excluding carboxylic acids is 1. The summed E-state index contributed by atoms with van der Waals surface area (Å²) in [6.07, 6.45) is 0. The highest BCUT2D eigenvalue weighted by atomic mass is 16.5. The summed E-state index contributed by atoms with van der Waals surface area (Å²) in [5, 5.41) is 8.07. The van der Waals surface area contributed by atoms with Crippen molar-refractivity contribution in [1.29, 1.82) is 0 Å². The molecule has 0 radical (unpaired) electrons. The van der Waals surface area contributed by atoms with E-state index >= 15 is 0 Å². The molecule has 0 bridgehead atoms. The van der Waals surface area contributed by atoms with Crippen LogP contribution in [0.15, 0.2) is 0 Å². The number of carbonyl (C=O) groups is 1. The first-order valence-electron chi connectivity index (χ1n) is 4.64. The predicted molar refractivity (Wildman–Crippen MR) is 50.0 cm³/mol. The van der Waals surface area contributed by atoms with E-state index in [2.05, 4.69) is 10.2 Å². The van der Waals surface area contributed by atoms with Gasteiger partial charge in [-0.1, -0.05) is 13.8 Å². The number of aryl methyl sites for hydroxylation is 1. The van der Waals surface area contributed by atoms with Crippen molar-refractivity contribution in [3.8, 4) is 0 Å².